The fourth-order valence-electron chi connectivity index (χ4n) is 1.73. The Balaban J connectivity index is 0.00000180. The molecule has 0 fully saturated rings. The highest BCUT2D eigenvalue weighted by atomic mass is 35.5. The molecule has 0 radical (unpaired) electrons. The Hall–Kier alpha value is -1.30. The lowest BCUT2D eigenvalue weighted by molar-refractivity contribution is -0.137. The predicted octanol–water partition coefficient (Wildman–Crippen LogP) is 4.07. The molecule has 0 bridgehead atoms. The van der Waals surface area contributed by atoms with E-state index in [0.29, 0.717) is 11.1 Å². The third-order valence-electron chi connectivity index (χ3n) is 2.62. The molecule has 0 atom stereocenters. The molecule has 110 valence electrons. The molecule has 0 aliphatic rings. The van der Waals surface area contributed by atoms with Crippen molar-refractivity contribution in [3.8, 4) is 11.1 Å². The number of rotatable bonds is 2. The first-order chi connectivity index (χ1) is 8.52. The number of hydrogen-bond acceptors (Lipinski definition) is 2. The van der Waals surface area contributed by atoms with E-state index >= 15 is 0 Å². The number of alkyl halides is 3. The van der Waals surface area contributed by atoms with E-state index in [4.69, 9.17) is 5.73 Å². The Morgan fingerprint density at radius 1 is 1.10 bits per heavy atom. The summed E-state index contributed by atoms with van der Waals surface area (Å²) in [6.45, 7) is 0.236. The van der Waals surface area contributed by atoms with Crippen LogP contribution in [0, 0.1) is 0 Å². The van der Waals surface area contributed by atoms with Crippen molar-refractivity contribution >= 4 is 24.8 Å². The van der Waals surface area contributed by atoms with Crippen LogP contribution in [0.1, 0.15) is 11.1 Å². The van der Waals surface area contributed by atoms with Crippen LogP contribution in [0.25, 0.3) is 11.1 Å². The van der Waals surface area contributed by atoms with Crippen LogP contribution < -0.4 is 5.73 Å². The first-order valence-corrected chi connectivity index (χ1v) is 5.33. The fourth-order valence-corrected chi connectivity index (χ4v) is 1.73. The molecule has 2 aromatic rings. The van der Waals surface area contributed by atoms with Gasteiger partial charge in [-0.05, 0) is 34.9 Å². The van der Waals surface area contributed by atoms with Crippen molar-refractivity contribution in [1.82, 2.24) is 4.98 Å². The predicted molar refractivity (Wildman–Crippen MR) is 77.1 cm³/mol. The Morgan fingerprint density at radius 2 is 1.80 bits per heavy atom. The third-order valence-corrected chi connectivity index (χ3v) is 2.62. The normalized spacial score (nSPS) is 10.4. The first-order valence-electron chi connectivity index (χ1n) is 5.33. The third kappa shape index (κ3) is 4.10. The Labute approximate surface area is 127 Å². The molecule has 0 aliphatic carbocycles. The summed E-state index contributed by atoms with van der Waals surface area (Å²) < 4.78 is 37.9. The maximum Gasteiger partial charge on any atom is 0.416 e. The summed E-state index contributed by atoms with van der Waals surface area (Å²) in [5.41, 5.74) is 6.77. The number of hydrogen-bond donors (Lipinski definition) is 1. The molecule has 1 heterocycles. The molecular formula is C13H13Cl2F3N2. The topological polar surface area (TPSA) is 38.9 Å². The van der Waals surface area contributed by atoms with Crippen LogP contribution in [0.4, 0.5) is 13.2 Å². The number of halogens is 5. The van der Waals surface area contributed by atoms with Gasteiger partial charge >= 0.3 is 6.18 Å². The van der Waals surface area contributed by atoms with Crippen molar-refractivity contribution in [2.45, 2.75) is 12.7 Å². The standard InChI is InChI=1S/C13H11F3N2.2ClH/c14-13(15,16)11-3-1-2-9(6-11)12-4-5-18-8-10(12)7-17;;/h1-6,8H,7,17H2;2*1H. The molecule has 1 aromatic carbocycles. The SMILES string of the molecule is Cl.Cl.NCc1cnccc1-c1cccc(C(F)(F)F)c1. The quantitative estimate of drug-likeness (QED) is 0.904. The minimum atomic E-state index is -4.34. The summed E-state index contributed by atoms with van der Waals surface area (Å²) in [6.07, 6.45) is -1.24. The lowest BCUT2D eigenvalue weighted by Crippen LogP contribution is -2.05. The average molecular weight is 325 g/mol. The van der Waals surface area contributed by atoms with Crippen molar-refractivity contribution < 1.29 is 13.2 Å². The van der Waals surface area contributed by atoms with Crippen LogP contribution in [0.15, 0.2) is 42.7 Å². The zero-order chi connectivity index (χ0) is 13.2. The van der Waals surface area contributed by atoms with E-state index in [9.17, 15) is 13.2 Å². The summed E-state index contributed by atoms with van der Waals surface area (Å²) >= 11 is 0. The Kier molecular flexibility index (Phi) is 6.99. The van der Waals surface area contributed by atoms with Gasteiger partial charge in [-0.25, -0.2) is 0 Å². The molecule has 2 rings (SSSR count). The Morgan fingerprint density at radius 3 is 2.40 bits per heavy atom. The zero-order valence-electron chi connectivity index (χ0n) is 10.2. The molecular weight excluding hydrogens is 312 g/mol. The maximum absolute atomic E-state index is 12.6. The van der Waals surface area contributed by atoms with Crippen molar-refractivity contribution in [3.05, 3.63) is 53.9 Å². The molecule has 2 nitrogen and oxygen atoms in total. The highest BCUT2D eigenvalue weighted by Gasteiger charge is 2.30. The molecule has 20 heavy (non-hydrogen) atoms. The van der Waals surface area contributed by atoms with E-state index in [0.717, 1.165) is 17.7 Å². The molecule has 7 heteroatoms. The maximum atomic E-state index is 12.6. The lowest BCUT2D eigenvalue weighted by atomic mass is 10.00. The van der Waals surface area contributed by atoms with Gasteiger partial charge in [0.1, 0.15) is 0 Å². The van der Waals surface area contributed by atoms with E-state index in [1.807, 2.05) is 0 Å². The second-order valence-electron chi connectivity index (χ2n) is 3.82. The highest BCUT2D eigenvalue weighted by Crippen LogP contribution is 2.32. The molecule has 2 N–H and O–H groups in total. The zero-order valence-corrected chi connectivity index (χ0v) is 11.9. The Bertz CT molecular complexity index is 559. The van der Waals surface area contributed by atoms with E-state index in [2.05, 4.69) is 4.98 Å². The summed E-state index contributed by atoms with van der Waals surface area (Å²) in [4.78, 5) is 3.91. The molecule has 0 spiro atoms. The summed E-state index contributed by atoms with van der Waals surface area (Å²) in [7, 11) is 0. The van der Waals surface area contributed by atoms with E-state index in [1.165, 1.54) is 12.3 Å². The fraction of sp³-hybridized carbons (Fsp3) is 0.154. The van der Waals surface area contributed by atoms with E-state index in [-0.39, 0.29) is 31.4 Å². The van der Waals surface area contributed by atoms with Gasteiger partial charge in [-0.15, -0.1) is 24.8 Å². The van der Waals surface area contributed by atoms with Crippen LogP contribution in [0.5, 0.6) is 0 Å². The number of nitrogens with zero attached hydrogens (tertiary/aromatic N) is 1. The monoisotopic (exact) mass is 324 g/mol. The minimum Gasteiger partial charge on any atom is -0.326 e. The van der Waals surface area contributed by atoms with Gasteiger partial charge in [0.05, 0.1) is 5.56 Å². The van der Waals surface area contributed by atoms with Gasteiger partial charge in [-0.1, -0.05) is 12.1 Å². The molecule has 0 aliphatic heterocycles. The molecule has 0 saturated carbocycles. The van der Waals surface area contributed by atoms with Gasteiger partial charge in [0.15, 0.2) is 0 Å². The number of benzene rings is 1. The van der Waals surface area contributed by atoms with Crippen LogP contribution >= 0.6 is 24.8 Å². The van der Waals surface area contributed by atoms with Crippen molar-refractivity contribution in [3.63, 3.8) is 0 Å². The van der Waals surface area contributed by atoms with Gasteiger partial charge in [0.2, 0.25) is 0 Å². The van der Waals surface area contributed by atoms with E-state index in [1.54, 1.807) is 18.3 Å². The van der Waals surface area contributed by atoms with Gasteiger partial charge in [-0.2, -0.15) is 13.2 Å². The van der Waals surface area contributed by atoms with Crippen LogP contribution in [-0.2, 0) is 12.7 Å². The number of nitrogens with two attached hydrogens (primary N) is 1. The highest BCUT2D eigenvalue weighted by molar-refractivity contribution is 5.85. The lowest BCUT2D eigenvalue weighted by Gasteiger charge is -2.11. The van der Waals surface area contributed by atoms with Crippen molar-refractivity contribution in [1.29, 1.82) is 0 Å². The van der Waals surface area contributed by atoms with Crippen molar-refractivity contribution in [2.24, 2.45) is 5.73 Å². The second-order valence-corrected chi connectivity index (χ2v) is 3.82. The van der Waals surface area contributed by atoms with Gasteiger partial charge in [0, 0.05) is 18.9 Å². The first kappa shape index (κ1) is 18.7. The van der Waals surface area contributed by atoms with Gasteiger partial charge in [-0.3, -0.25) is 4.98 Å². The van der Waals surface area contributed by atoms with E-state index < -0.39 is 11.7 Å². The molecule has 0 amide bonds. The largest absolute Gasteiger partial charge is 0.416 e. The second kappa shape index (κ2) is 7.47. The van der Waals surface area contributed by atoms with Crippen LogP contribution in [-0.4, -0.2) is 4.98 Å². The average Bonchev–Trinajstić information content (AvgIpc) is 2.38. The summed E-state index contributed by atoms with van der Waals surface area (Å²) in [6, 6.07) is 6.85. The van der Waals surface area contributed by atoms with Gasteiger partial charge in [0.25, 0.3) is 0 Å². The van der Waals surface area contributed by atoms with Crippen LogP contribution in [0.3, 0.4) is 0 Å². The molecule has 0 unspecified atom stereocenters. The number of aromatic nitrogens is 1. The van der Waals surface area contributed by atoms with Crippen LogP contribution in [0.2, 0.25) is 0 Å². The van der Waals surface area contributed by atoms with Gasteiger partial charge < -0.3 is 5.73 Å². The van der Waals surface area contributed by atoms with Crippen molar-refractivity contribution in [2.75, 3.05) is 0 Å². The molecule has 1 aromatic heterocycles. The minimum absolute atomic E-state index is 0. The summed E-state index contributed by atoms with van der Waals surface area (Å²) in [5, 5.41) is 0. The smallest absolute Gasteiger partial charge is 0.326 e. The molecule has 0 saturated heterocycles. The number of pyridine rings is 1. The summed E-state index contributed by atoms with van der Waals surface area (Å²) in [5.74, 6) is 0.